The van der Waals surface area contributed by atoms with Crippen LogP contribution in [0.1, 0.15) is 27.2 Å². The first-order chi connectivity index (χ1) is 9.02. The van der Waals surface area contributed by atoms with Crippen molar-refractivity contribution < 1.29 is 9.53 Å². The van der Waals surface area contributed by atoms with Gasteiger partial charge in [-0.3, -0.25) is 4.79 Å². The minimum Gasteiger partial charge on any atom is -0.493 e. The van der Waals surface area contributed by atoms with Crippen LogP contribution in [-0.4, -0.2) is 19.1 Å². The third-order valence-electron chi connectivity index (χ3n) is 2.73. The minimum absolute atomic E-state index is 0.00791. The lowest BCUT2D eigenvalue weighted by molar-refractivity contribution is -0.119. The van der Waals surface area contributed by atoms with Crippen LogP contribution in [0, 0.1) is 11.8 Å². The van der Waals surface area contributed by atoms with Gasteiger partial charge in [0.2, 0.25) is 5.91 Å². The summed E-state index contributed by atoms with van der Waals surface area (Å²) in [4.78, 5) is 11.9. The van der Waals surface area contributed by atoms with Gasteiger partial charge >= 0.3 is 0 Å². The average Bonchev–Trinajstić information content (AvgIpc) is 2.37. The molecule has 4 nitrogen and oxygen atoms in total. The standard InChI is InChI=1S/C15H24N2O2/c1-11(2)10-19-14-6-4-5-13(9-14)17-15(18)12(3)7-8-16/h4-6,9,11-12H,7-8,10,16H2,1-3H3,(H,17,18). The lowest BCUT2D eigenvalue weighted by atomic mass is 10.1. The molecule has 0 heterocycles. The Morgan fingerprint density at radius 1 is 1.37 bits per heavy atom. The van der Waals surface area contributed by atoms with Crippen molar-refractivity contribution in [1.82, 2.24) is 0 Å². The van der Waals surface area contributed by atoms with E-state index in [2.05, 4.69) is 19.2 Å². The second-order valence-electron chi connectivity index (χ2n) is 5.20. The van der Waals surface area contributed by atoms with Crippen molar-refractivity contribution in [2.24, 2.45) is 17.6 Å². The number of amides is 1. The fourth-order valence-electron chi connectivity index (χ4n) is 1.57. The molecule has 1 unspecified atom stereocenters. The van der Waals surface area contributed by atoms with E-state index in [0.29, 0.717) is 25.5 Å². The number of carbonyl (C=O) groups excluding carboxylic acids is 1. The van der Waals surface area contributed by atoms with Crippen LogP contribution >= 0.6 is 0 Å². The molecule has 1 aromatic carbocycles. The number of carbonyl (C=O) groups is 1. The Hall–Kier alpha value is -1.55. The van der Waals surface area contributed by atoms with E-state index in [9.17, 15) is 4.79 Å². The molecule has 1 aromatic rings. The molecule has 0 aliphatic rings. The molecule has 0 saturated heterocycles. The third kappa shape index (κ3) is 5.75. The SMILES string of the molecule is CC(C)COc1cccc(NC(=O)C(C)CCN)c1. The van der Waals surface area contributed by atoms with Crippen molar-refractivity contribution in [1.29, 1.82) is 0 Å². The first kappa shape index (κ1) is 15.5. The van der Waals surface area contributed by atoms with Crippen LogP contribution in [0.2, 0.25) is 0 Å². The summed E-state index contributed by atoms with van der Waals surface area (Å²) < 4.78 is 5.63. The van der Waals surface area contributed by atoms with Crippen LogP contribution in [0.15, 0.2) is 24.3 Å². The Balaban J connectivity index is 2.59. The monoisotopic (exact) mass is 264 g/mol. The lowest BCUT2D eigenvalue weighted by Gasteiger charge is -2.13. The molecule has 0 spiro atoms. The molecular formula is C15H24N2O2. The average molecular weight is 264 g/mol. The highest BCUT2D eigenvalue weighted by atomic mass is 16.5. The van der Waals surface area contributed by atoms with E-state index in [-0.39, 0.29) is 11.8 Å². The number of rotatable bonds is 7. The van der Waals surface area contributed by atoms with Gasteiger partial charge in [0, 0.05) is 17.7 Å². The maximum Gasteiger partial charge on any atom is 0.227 e. The second-order valence-corrected chi connectivity index (χ2v) is 5.20. The highest BCUT2D eigenvalue weighted by Gasteiger charge is 2.12. The first-order valence-electron chi connectivity index (χ1n) is 6.76. The molecule has 1 amide bonds. The molecule has 0 saturated carbocycles. The third-order valence-corrected chi connectivity index (χ3v) is 2.73. The van der Waals surface area contributed by atoms with Gasteiger partial charge in [-0.1, -0.05) is 26.8 Å². The van der Waals surface area contributed by atoms with Crippen molar-refractivity contribution in [2.75, 3.05) is 18.5 Å². The van der Waals surface area contributed by atoms with E-state index in [0.717, 1.165) is 11.4 Å². The Kier molecular flexibility index (Phi) is 6.36. The van der Waals surface area contributed by atoms with Crippen molar-refractivity contribution in [3.63, 3.8) is 0 Å². The highest BCUT2D eigenvalue weighted by molar-refractivity contribution is 5.92. The zero-order chi connectivity index (χ0) is 14.3. The predicted molar refractivity (Wildman–Crippen MR) is 78.2 cm³/mol. The maximum absolute atomic E-state index is 11.9. The van der Waals surface area contributed by atoms with E-state index in [4.69, 9.17) is 10.5 Å². The van der Waals surface area contributed by atoms with Gasteiger partial charge in [0.25, 0.3) is 0 Å². The fraction of sp³-hybridized carbons (Fsp3) is 0.533. The van der Waals surface area contributed by atoms with Crippen LogP contribution in [0.4, 0.5) is 5.69 Å². The van der Waals surface area contributed by atoms with E-state index in [1.807, 2.05) is 31.2 Å². The summed E-state index contributed by atoms with van der Waals surface area (Å²) in [7, 11) is 0. The van der Waals surface area contributed by atoms with Gasteiger partial charge in [-0.15, -0.1) is 0 Å². The van der Waals surface area contributed by atoms with Crippen LogP contribution < -0.4 is 15.8 Å². The largest absolute Gasteiger partial charge is 0.493 e. The maximum atomic E-state index is 11.9. The number of nitrogens with one attached hydrogen (secondary N) is 1. The molecule has 0 fully saturated rings. The molecule has 19 heavy (non-hydrogen) atoms. The predicted octanol–water partition coefficient (Wildman–Crippen LogP) is 2.64. The summed E-state index contributed by atoms with van der Waals surface area (Å²) in [6, 6.07) is 7.46. The van der Waals surface area contributed by atoms with Gasteiger partial charge in [0.15, 0.2) is 0 Å². The Morgan fingerprint density at radius 2 is 2.11 bits per heavy atom. The van der Waals surface area contributed by atoms with Crippen molar-refractivity contribution >= 4 is 11.6 Å². The summed E-state index contributed by atoms with van der Waals surface area (Å²) in [5, 5.41) is 2.88. The number of hydrogen-bond donors (Lipinski definition) is 2. The van der Waals surface area contributed by atoms with Gasteiger partial charge in [0.1, 0.15) is 5.75 Å². The quantitative estimate of drug-likeness (QED) is 0.795. The number of hydrogen-bond acceptors (Lipinski definition) is 3. The molecule has 1 rings (SSSR count). The normalized spacial score (nSPS) is 12.3. The van der Waals surface area contributed by atoms with Gasteiger partial charge in [-0.25, -0.2) is 0 Å². The van der Waals surface area contributed by atoms with E-state index < -0.39 is 0 Å². The van der Waals surface area contributed by atoms with E-state index in [1.54, 1.807) is 0 Å². The lowest BCUT2D eigenvalue weighted by Crippen LogP contribution is -2.22. The zero-order valence-electron chi connectivity index (χ0n) is 12.0. The smallest absolute Gasteiger partial charge is 0.227 e. The Labute approximate surface area is 115 Å². The summed E-state index contributed by atoms with van der Waals surface area (Å²) in [6.45, 7) is 7.26. The number of benzene rings is 1. The number of nitrogens with two attached hydrogens (primary N) is 1. The Bertz CT molecular complexity index is 405. The molecule has 3 N–H and O–H groups in total. The van der Waals surface area contributed by atoms with Gasteiger partial charge in [0.05, 0.1) is 6.61 Å². The summed E-state index contributed by atoms with van der Waals surface area (Å²) in [5.74, 6) is 1.16. The summed E-state index contributed by atoms with van der Waals surface area (Å²) >= 11 is 0. The summed E-state index contributed by atoms with van der Waals surface area (Å²) in [6.07, 6.45) is 0.690. The van der Waals surface area contributed by atoms with Gasteiger partial charge < -0.3 is 15.8 Å². The first-order valence-corrected chi connectivity index (χ1v) is 6.76. The molecule has 0 radical (unpaired) electrons. The minimum atomic E-state index is -0.0785. The van der Waals surface area contributed by atoms with Crippen LogP contribution in [0.5, 0.6) is 5.75 Å². The van der Waals surface area contributed by atoms with E-state index in [1.165, 1.54) is 0 Å². The van der Waals surface area contributed by atoms with Crippen LogP contribution in [-0.2, 0) is 4.79 Å². The number of anilines is 1. The summed E-state index contributed by atoms with van der Waals surface area (Å²) in [5.41, 5.74) is 6.21. The van der Waals surface area contributed by atoms with Crippen molar-refractivity contribution in [3.8, 4) is 5.75 Å². The molecule has 0 bridgehead atoms. The van der Waals surface area contributed by atoms with Crippen molar-refractivity contribution in [3.05, 3.63) is 24.3 Å². The molecule has 0 aromatic heterocycles. The van der Waals surface area contributed by atoms with E-state index >= 15 is 0 Å². The highest BCUT2D eigenvalue weighted by Crippen LogP contribution is 2.19. The molecule has 4 heteroatoms. The fourth-order valence-corrected chi connectivity index (χ4v) is 1.57. The molecule has 0 aliphatic heterocycles. The second kappa shape index (κ2) is 7.79. The molecular weight excluding hydrogens is 240 g/mol. The van der Waals surface area contributed by atoms with Gasteiger partial charge in [-0.05, 0) is 31.0 Å². The molecule has 0 aliphatic carbocycles. The van der Waals surface area contributed by atoms with Crippen LogP contribution in [0.3, 0.4) is 0 Å². The zero-order valence-corrected chi connectivity index (χ0v) is 12.0. The Morgan fingerprint density at radius 3 is 2.74 bits per heavy atom. The molecule has 106 valence electrons. The topological polar surface area (TPSA) is 64.3 Å². The van der Waals surface area contributed by atoms with Crippen LogP contribution in [0.25, 0.3) is 0 Å². The van der Waals surface area contributed by atoms with Gasteiger partial charge in [-0.2, -0.15) is 0 Å². The molecule has 1 atom stereocenters. The number of ether oxygens (including phenoxy) is 1. The van der Waals surface area contributed by atoms with Crippen molar-refractivity contribution in [2.45, 2.75) is 27.2 Å².